The number of ether oxygens (including phenoxy) is 1. The van der Waals surface area contributed by atoms with Crippen LogP contribution < -0.4 is 15.2 Å². The fraction of sp³-hybridized carbons (Fsp3) is 0.217. The van der Waals surface area contributed by atoms with E-state index in [2.05, 4.69) is 0 Å². The second kappa shape index (κ2) is 7.58. The van der Waals surface area contributed by atoms with Crippen molar-refractivity contribution >= 4 is 5.91 Å². The molecule has 2 atom stereocenters. The molecule has 0 radical (unpaired) electrons. The summed E-state index contributed by atoms with van der Waals surface area (Å²) in [7, 11) is 1.51. The zero-order valence-corrected chi connectivity index (χ0v) is 17.3. The lowest BCUT2D eigenvalue weighted by Crippen LogP contribution is -2.62. The number of aromatic nitrogens is 1. The minimum absolute atomic E-state index is 0.0779. The first-order valence-electron chi connectivity index (χ1n) is 10.2. The second-order valence-electron chi connectivity index (χ2n) is 7.89. The van der Waals surface area contributed by atoms with Gasteiger partial charge in [-0.05, 0) is 23.8 Å². The zero-order chi connectivity index (χ0) is 23.4. The molecule has 10 heteroatoms. The summed E-state index contributed by atoms with van der Waals surface area (Å²) in [6, 6.07) is 7.60. The van der Waals surface area contributed by atoms with E-state index in [4.69, 9.17) is 4.74 Å². The molecule has 7 nitrogen and oxygen atoms in total. The summed E-state index contributed by atoms with van der Waals surface area (Å²) in [5.41, 5.74) is -0.272. The van der Waals surface area contributed by atoms with E-state index in [0.717, 1.165) is 18.2 Å². The normalized spacial score (nSPS) is 19.7. The zero-order valence-electron chi connectivity index (χ0n) is 17.3. The molecule has 0 aliphatic carbocycles. The minimum Gasteiger partial charge on any atom is -0.502 e. The van der Waals surface area contributed by atoms with E-state index < -0.39 is 46.7 Å². The number of benzene rings is 2. The van der Waals surface area contributed by atoms with Crippen LogP contribution in [0.2, 0.25) is 0 Å². The number of carbonyl (C=O) groups excluding carboxylic acids is 1. The van der Waals surface area contributed by atoms with Crippen molar-refractivity contribution in [3.63, 3.8) is 0 Å². The molecule has 1 aromatic heterocycles. The highest BCUT2D eigenvalue weighted by atomic mass is 19.2. The molecule has 5 rings (SSSR count). The van der Waals surface area contributed by atoms with Crippen LogP contribution in [0.4, 0.5) is 13.2 Å². The number of amides is 1. The van der Waals surface area contributed by atoms with Gasteiger partial charge in [0.05, 0.1) is 6.61 Å². The van der Waals surface area contributed by atoms with Crippen molar-refractivity contribution in [3.05, 3.63) is 93.2 Å². The highest BCUT2D eigenvalue weighted by Crippen LogP contribution is 2.41. The quantitative estimate of drug-likeness (QED) is 0.609. The van der Waals surface area contributed by atoms with Gasteiger partial charge in [0.25, 0.3) is 5.91 Å². The van der Waals surface area contributed by atoms with Gasteiger partial charge in [-0.2, -0.15) is 0 Å². The lowest BCUT2D eigenvalue weighted by Gasteiger charge is -2.49. The SMILES string of the molecule is CN1C(=O)c2c(O)c(=O)ccn2N2C(c3ccc(F)cc3)c3cc(F)c(F)cc3OCC[C@@H]12. The Bertz CT molecular complexity index is 1330. The first kappa shape index (κ1) is 20.9. The molecule has 2 aromatic carbocycles. The van der Waals surface area contributed by atoms with E-state index in [1.807, 2.05) is 0 Å². The molecular formula is C23H18F3N3O4. The summed E-state index contributed by atoms with van der Waals surface area (Å²) in [6.07, 6.45) is 0.960. The number of halogens is 3. The highest BCUT2D eigenvalue weighted by Gasteiger charge is 2.43. The third kappa shape index (κ3) is 3.21. The van der Waals surface area contributed by atoms with Crippen molar-refractivity contribution in [1.82, 2.24) is 9.58 Å². The number of aromatic hydroxyl groups is 1. The van der Waals surface area contributed by atoms with Gasteiger partial charge in [-0.15, -0.1) is 0 Å². The molecule has 0 saturated carbocycles. The number of rotatable bonds is 1. The Balaban J connectivity index is 1.84. The number of pyridine rings is 1. The molecule has 1 N–H and O–H groups in total. The van der Waals surface area contributed by atoms with Crippen LogP contribution >= 0.6 is 0 Å². The van der Waals surface area contributed by atoms with E-state index in [1.165, 1.54) is 47.1 Å². The highest BCUT2D eigenvalue weighted by molar-refractivity contribution is 5.96. The number of carbonyl (C=O) groups is 1. The van der Waals surface area contributed by atoms with Crippen LogP contribution in [0.3, 0.4) is 0 Å². The van der Waals surface area contributed by atoms with Crippen molar-refractivity contribution in [2.75, 3.05) is 18.7 Å². The van der Waals surface area contributed by atoms with Gasteiger partial charge in [0.2, 0.25) is 5.43 Å². The van der Waals surface area contributed by atoms with Crippen molar-refractivity contribution in [3.8, 4) is 11.5 Å². The summed E-state index contributed by atoms with van der Waals surface area (Å²) in [4.78, 5) is 26.5. The molecule has 1 unspecified atom stereocenters. The summed E-state index contributed by atoms with van der Waals surface area (Å²) in [5.74, 6) is -3.91. The monoisotopic (exact) mass is 457 g/mol. The van der Waals surface area contributed by atoms with Crippen LogP contribution in [-0.4, -0.2) is 40.4 Å². The minimum atomic E-state index is -1.11. The van der Waals surface area contributed by atoms with Crippen molar-refractivity contribution < 1.29 is 27.8 Å². The number of nitrogens with zero attached hydrogens (tertiary/aromatic N) is 3. The Hall–Kier alpha value is -3.95. The first-order chi connectivity index (χ1) is 15.8. The van der Waals surface area contributed by atoms with Crippen LogP contribution in [0.15, 0.2) is 53.5 Å². The summed E-state index contributed by atoms with van der Waals surface area (Å²) >= 11 is 0. The molecule has 3 heterocycles. The number of hydrogen-bond acceptors (Lipinski definition) is 5. The van der Waals surface area contributed by atoms with Gasteiger partial charge >= 0.3 is 0 Å². The summed E-state index contributed by atoms with van der Waals surface area (Å²) in [5, 5.41) is 12.1. The van der Waals surface area contributed by atoms with Crippen molar-refractivity contribution in [2.45, 2.75) is 18.6 Å². The molecule has 33 heavy (non-hydrogen) atoms. The molecule has 2 aliphatic heterocycles. The van der Waals surface area contributed by atoms with E-state index in [0.29, 0.717) is 5.56 Å². The van der Waals surface area contributed by atoms with Gasteiger partial charge < -0.3 is 14.7 Å². The molecule has 170 valence electrons. The predicted molar refractivity (Wildman–Crippen MR) is 111 cm³/mol. The molecule has 0 spiro atoms. The predicted octanol–water partition coefficient (Wildman–Crippen LogP) is 2.89. The Morgan fingerprint density at radius 3 is 2.45 bits per heavy atom. The van der Waals surface area contributed by atoms with E-state index in [-0.39, 0.29) is 30.0 Å². The van der Waals surface area contributed by atoms with E-state index >= 15 is 0 Å². The average molecular weight is 457 g/mol. The van der Waals surface area contributed by atoms with Gasteiger partial charge in [-0.3, -0.25) is 19.3 Å². The smallest absolute Gasteiger partial charge is 0.277 e. The summed E-state index contributed by atoms with van der Waals surface area (Å²) < 4.78 is 49.3. The Morgan fingerprint density at radius 1 is 1.03 bits per heavy atom. The molecule has 0 fully saturated rings. The molecule has 3 aromatic rings. The Morgan fingerprint density at radius 2 is 1.73 bits per heavy atom. The van der Waals surface area contributed by atoms with Crippen LogP contribution in [0, 0.1) is 17.5 Å². The lowest BCUT2D eigenvalue weighted by molar-refractivity contribution is 0.0573. The first-order valence-corrected chi connectivity index (χ1v) is 10.2. The van der Waals surface area contributed by atoms with Crippen molar-refractivity contribution in [1.29, 1.82) is 0 Å². The van der Waals surface area contributed by atoms with Crippen LogP contribution in [0.25, 0.3) is 0 Å². The fourth-order valence-corrected chi connectivity index (χ4v) is 4.43. The van der Waals surface area contributed by atoms with Crippen LogP contribution in [-0.2, 0) is 0 Å². The molecular weight excluding hydrogens is 439 g/mol. The maximum atomic E-state index is 14.4. The third-order valence-corrected chi connectivity index (χ3v) is 6.01. The largest absolute Gasteiger partial charge is 0.502 e. The lowest BCUT2D eigenvalue weighted by atomic mass is 9.94. The fourth-order valence-electron chi connectivity index (χ4n) is 4.43. The van der Waals surface area contributed by atoms with Crippen LogP contribution in [0.1, 0.15) is 34.1 Å². The maximum absolute atomic E-state index is 14.4. The Kier molecular flexibility index (Phi) is 4.80. The second-order valence-corrected chi connectivity index (χ2v) is 7.89. The summed E-state index contributed by atoms with van der Waals surface area (Å²) in [6.45, 7) is 0.0779. The molecule has 0 saturated heterocycles. The number of fused-ring (bicyclic) bond motifs is 4. The average Bonchev–Trinajstić information content (AvgIpc) is 2.78. The Labute approximate surface area is 185 Å². The van der Waals surface area contributed by atoms with Gasteiger partial charge in [-0.1, -0.05) is 12.1 Å². The molecule has 2 aliphatic rings. The standard InChI is InChI=1S/C23H18F3N3O4/c1-27-19-7-9-33-18-11-16(26)15(25)10-14(18)20(12-2-4-13(24)5-3-12)29(19)28-8-6-17(30)22(31)21(28)23(27)32/h2-6,8,10-11,19-20,31H,7,9H2,1H3/t19-,20?/m0/s1. The van der Waals surface area contributed by atoms with E-state index in [1.54, 1.807) is 5.01 Å². The van der Waals surface area contributed by atoms with Gasteiger partial charge in [0.15, 0.2) is 23.1 Å². The van der Waals surface area contributed by atoms with Gasteiger partial charge in [0, 0.05) is 37.4 Å². The topological polar surface area (TPSA) is 75.0 Å². The van der Waals surface area contributed by atoms with Crippen molar-refractivity contribution in [2.24, 2.45) is 0 Å². The van der Waals surface area contributed by atoms with Gasteiger partial charge in [-0.25, -0.2) is 13.2 Å². The third-order valence-electron chi connectivity index (χ3n) is 6.01. The molecule has 0 bridgehead atoms. The molecule has 1 amide bonds. The van der Waals surface area contributed by atoms with Crippen LogP contribution in [0.5, 0.6) is 11.5 Å². The number of hydrogen-bond donors (Lipinski definition) is 1. The van der Waals surface area contributed by atoms with Gasteiger partial charge in [0.1, 0.15) is 23.8 Å². The maximum Gasteiger partial charge on any atom is 0.277 e. The van der Waals surface area contributed by atoms with E-state index in [9.17, 15) is 27.9 Å².